The van der Waals surface area contributed by atoms with E-state index in [0.717, 1.165) is 28.8 Å². The molecule has 6 heteroatoms. The van der Waals surface area contributed by atoms with Gasteiger partial charge in [-0.1, -0.05) is 13.3 Å². The van der Waals surface area contributed by atoms with Crippen LogP contribution < -0.4 is 15.2 Å². The van der Waals surface area contributed by atoms with Crippen LogP contribution in [0.15, 0.2) is 22.7 Å². The van der Waals surface area contributed by atoms with E-state index in [1.54, 1.807) is 11.8 Å². The molecule has 20 heavy (non-hydrogen) atoms. The molecule has 0 bridgehead atoms. The predicted octanol–water partition coefficient (Wildman–Crippen LogP) is 3.52. The van der Waals surface area contributed by atoms with Crippen LogP contribution in [0.5, 0.6) is 17.4 Å². The van der Waals surface area contributed by atoms with E-state index >= 15 is 0 Å². The molecule has 5 nitrogen and oxygen atoms in total. The van der Waals surface area contributed by atoms with Crippen molar-refractivity contribution in [2.24, 2.45) is 7.05 Å². The Hall–Kier alpha value is -1.69. The molecule has 0 atom stereocenters. The van der Waals surface area contributed by atoms with E-state index in [-0.39, 0.29) is 0 Å². The largest absolute Gasteiger partial charge is 0.497 e. The van der Waals surface area contributed by atoms with Crippen molar-refractivity contribution >= 4 is 21.6 Å². The Morgan fingerprint density at radius 2 is 2.15 bits per heavy atom. The first-order valence-electron chi connectivity index (χ1n) is 6.39. The van der Waals surface area contributed by atoms with E-state index in [4.69, 9.17) is 15.2 Å². The third-order valence-corrected chi connectivity index (χ3v) is 3.56. The number of aryl methyl sites for hydroxylation is 2. The number of halogens is 1. The van der Waals surface area contributed by atoms with Gasteiger partial charge in [0.2, 0.25) is 5.88 Å². The Balaban J connectivity index is 2.30. The second-order valence-corrected chi connectivity index (χ2v) is 5.29. The summed E-state index contributed by atoms with van der Waals surface area (Å²) in [7, 11) is 3.45. The number of rotatable bonds is 5. The smallest absolute Gasteiger partial charge is 0.241 e. The lowest BCUT2D eigenvalue weighted by atomic mass is 10.2. The minimum absolute atomic E-state index is 0.555. The first-order valence-corrected chi connectivity index (χ1v) is 7.18. The zero-order valence-electron chi connectivity index (χ0n) is 11.8. The van der Waals surface area contributed by atoms with Gasteiger partial charge in [0.1, 0.15) is 17.2 Å². The Morgan fingerprint density at radius 3 is 2.75 bits per heavy atom. The van der Waals surface area contributed by atoms with E-state index in [0.29, 0.717) is 17.3 Å². The summed E-state index contributed by atoms with van der Waals surface area (Å²) in [6, 6.07) is 5.50. The summed E-state index contributed by atoms with van der Waals surface area (Å²) in [4.78, 5) is 0. The molecule has 0 saturated carbocycles. The number of hydrogen-bond donors (Lipinski definition) is 1. The number of nitrogens with two attached hydrogens (primary N) is 1. The molecule has 2 rings (SSSR count). The van der Waals surface area contributed by atoms with Crippen LogP contribution in [0.2, 0.25) is 0 Å². The molecule has 0 amide bonds. The lowest BCUT2D eigenvalue weighted by Gasteiger charge is -2.09. The standard InChI is InChI=1S/C14H18BrN3O2/c1-4-5-11-13(16)14(18(2)17-11)20-12-7-6-9(19-3)8-10(12)15/h6-8H,4-5,16H2,1-3H3. The van der Waals surface area contributed by atoms with Gasteiger partial charge in [-0.05, 0) is 40.5 Å². The highest BCUT2D eigenvalue weighted by atomic mass is 79.9. The van der Waals surface area contributed by atoms with Crippen LogP contribution >= 0.6 is 15.9 Å². The predicted molar refractivity (Wildman–Crippen MR) is 82.4 cm³/mol. The number of methoxy groups -OCH3 is 1. The Morgan fingerprint density at radius 1 is 1.40 bits per heavy atom. The second kappa shape index (κ2) is 6.17. The summed E-state index contributed by atoms with van der Waals surface area (Å²) in [5, 5.41) is 4.39. The quantitative estimate of drug-likeness (QED) is 0.905. The van der Waals surface area contributed by atoms with E-state index in [9.17, 15) is 0 Å². The van der Waals surface area contributed by atoms with Crippen LogP contribution in [0.1, 0.15) is 19.0 Å². The lowest BCUT2D eigenvalue weighted by Crippen LogP contribution is -1.97. The van der Waals surface area contributed by atoms with Gasteiger partial charge in [0.25, 0.3) is 0 Å². The third-order valence-electron chi connectivity index (χ3n) is 2.94. The van der Waals surface area contributed by atoms with Crippen molar-refractivity contribution in [1.82, 2.24) is 9.78 Å². The summed E-state index contributed by atoms with van der Waals surface area (Å²) in [5.41, 5.74) is 7.56. The molecule has 0 unspecified atom stereocenters. The second-order valence-electron chi connectivity index (χ2n) is 4.44. The topological polar surface area (TPSA) is 62.3 Å². The summed E-state index contributed by atoms with van der Waals surface area (Å²) >= 11 is 3.46. The Labute approximate surface area is 126 Å². The summed E-state index contributed by atoms with van der Waals surface area (Å²) in [6.07, 6.45) is 1.83. The van der Waals surface area contributed by atoms with Crippen LogP contribution in [0.3, 0.4) is 0 Å². The van der Waals surface area contributed by atoms with Crippen molar-refractivity contribution in [3.63, 3.8) is 0 Å². The molecule has 0 spiro atoms. The van der Waals surface area contributed by atoms with Gasteiger partial charge < -0.3 is 15.2 Å². The van der Waals surface area contributed by atoms with Crippen molar-refractivity contribution in [3.05, 3.63) is 28.4 Å². The maximum atomic E-state index is 6.10. The fourth-order valence-corrected chi connectivity index (χ4v) is 2.35. The highest BCUT2D eigenvalue weighted by Gasteiger charge is 2.16. The molecule has 0 fully saturated rings. The summed E-state index contributed by atoms with van der Waals surface area (Å²) in [6.45, 7) is 2.09. The minimum Gasteiger partial charge on any atom is -0.497 e. The van der Waals surface area contributed by atoms with E-state index < -0.39 is 0 Å². The molecule has 2 N–H and O–H groups in total. The molecule has 1 aromatic heterocycles. The van der Waals surface area contributed by atoms with Crippen LogP contribution in [-0.4, -0.2) is 16.9 Å². The number of anilines is 1. The number of nitrogens with zero attached hydrogens (tertiary/aromatic N) is 2. The van der Waals surface area contributed by atoms with Gasteiger partial charge in [-0.15, -0.1) is 0 Å². The van der Waals surface area contributed by atoms with Crippen LogP contribution in [0, 0.1) is 0 Å². The molecule has 0 aliphatic rings. The van der Waals surface area contributed by atoms with Crippen molar-refractivity contribution in [3.8, 4) is 17.4 Å². The average molecular weight is 340 g/mol. The summed E-state index contributed by atoms with van der Waals surface area (Å²) in [5.74, 6) is 1.98. The Kier molecular flexibility index (Phi) is 4.54. The molecule has 2 aromatic rings. The van der Waals surface area contributed by atoms with Gasteiger partial charge in [-0.3, -0.25) is 0 Å². The van der Waals surface area contributed by atoms with Crippen LogP contribution in [0.4, 0.5) is 5.69 Å². The number of aromatic nitrogens is 2. The van der Waals surface area contributed by atoms with E-state index in [1.165, 1.54) is 0 Å². The Bertz CT molecular complexity index is 611. The van der Waals surface area contributed by atoms with Gasteiger partial charge >= 0.3 is 0 Å². The number of ether oxygens (including phenoxy) is 2. The number of nitrogen functional groups attached to an aromatic ring is 1. The van der Waals surface area contributed by atoms with Crippen LogP contribution in [0.25, 0.3) is 0 Å². The molecule has 108 valence electrons. The van der Waals surface area contributed by atoms with Crippen molar-refractivity contribution in [1.29, 1.82) is 0 Å². The number of benzene rings is 1. The molecular formula is C14H18BrN3O2. The zero-order valence-corrected chi connectivity index (χ0v) is 13.4. The molecule has 0 radical (unpaired) electrons. The monoisotopic (exact) mass is 339 g/mol. The number of hydrogen-bond acceptors (Lipinski definition) is 4. The maximum absolute atomic E-state index is 6.10. The average Bonchev–Trinajstić information content (AvgIpc) is 2.69. The van der Waals surface area contributed by atoms with Gasteiger partial charge in [0.15, 0.2) is 0 Å². The molecule has 1 aromatic carbocycles. The van der Waals surface area contributed by atoms with Crippen molar-refractivity contribution < 1.29 is 9.47 Å². The van der Waals surface area contributed by atoms with Crippen molar-refractivity contribution in [2.45, 2.75) is 19.8 Å². The summed E-state index contributed by atoms with van der Waals surface area (Å²) < 4.78 is 13.5. The molecule has 0 saturated heterocycles. The molecule has 1 heterocycles. The normalized spacial score (nSPS) is 10.6. The highest BCUT2D eigenvalue weighted by Crippen LogP contribution is 2.35. The first-order chi connectivity index (χ1) is 9.56. The lowest BCUT2D eigenvalue weighted by molar-refractivity contribution is 0.408. The van der Waals surface area contributed by atoms with E-state index in [1.807, 2.05) is 25.2 Å². The van der Waals surface area contributed by atoms with E-state index in [2.05, 4.69) is 28.0 Å². The third kappa shape index (κ3) is 2.90. The van der Waals surface area contributed by atoms with Gasteiger partial charge in [0, 0.05) is 7.05 Å². The van der Waals surface area contributed by atoms with Gasteiger partial charge in [-0.2, -0.15) is 5.10 Å². The zero-order chi connectivity index (χ0) is 14.7. The molecule has 0 aliphatic carbocycles. The fourth-order valence-electron chi connectivity index (χ4n) is 1.92. The SMILES string of the molecule is CCCc1nn(C)c(Oc2ccc(OC)cc2Br)c1N. The molecular weight excluding hydrogens is 322 g/mol. The first kappa shape index (κ1) is 14.7. The minimum atomic E-state index is 0.555. The maximum Gasteiger partial charge on any atom is 0.241 e. The van der Waals surface area contributed by atoms with Crippen LogP contribution in [-0.2, 0) is 13.5 Å². The molecule has 0 aliphatic heterocycles. The fraction of sp³-hybridized carbons (Fsp3) is 0.357. The highest BCUT2D eigenvalue weighted by molar-refractivity contribution is 9.10. The van der Waals surface area contributed by atoms with Crippen molar-refractivity contribution in [2.75, 3.05) is 12.8 Å². The van der Waals surface area contributed by atoms with Gasteiger partial charge in [0.05, 0.1) is 17.3 Å². The van der Waals surface area contributed by atoms with Gasteiger partial charge in [-0.25, -0.2) is 4.68 Å².